The molecule has 5 nitrogen and oxygen atoms in total. The summed E-state index contributed by atoms with van der Waals surface area (Å²) in [6.45, 7) is 4.79. The number of carbonyl (C=O) groups is 2. The zero-order valence-electron chi connectivity index (χ0n) is 8.54. The van der Waals surface area contributed by atoms with E-state index >= 15 is 0 Å². The highest BCUT2D eigenvalue weighted by molar-refractivity contribution is 5.82. The third-order valence-corrected chi connectivity index (χ3v) is 2.89. The van der Waals surface area contributed by atoms with Crippen LogP contribution in [0, 0.1) is 0 Å². The summed E-state index contributed by atoms with van der Waals surface area (Å²) in [4.78, 5) is 23.9. The molecule has 2 N–H and O–H groups in total. The van der Waals surface area contributed by atoms with Crippen molar-refractivity contribution >= 4 is 11.9 Å². The van der Waals surface area contributed by atoms with Crippen molar-refractivity contribution in [2.24, 2.45) is 0 Å². The molecule has 1 aliphatic rings. The highest BCUT2D eigenvalue weighted by Crippen LogP contribution is 2.20. The molecule has 1 saturated heterocycles. The fourth-order valence-electron chi connectivity index (χ4n) is 1.57. The monoisotopic (exact) mass is 200 g/mol. The summed E-state index contributed by atoms with van der Waals surface area (Å²) in [5.74, 6) is -0.966. The Morgan fingerprint density at radius 2 is 2.36 bits per heavy atom. The Bertz CT molecular complexity index is 254. The number of piperazine rings is 1. The molecule has 1 aliphatic heterocycles. The highest BCUT2D eigenvalue weighted by Gasteiger charge is 2.39. The van der Waals surface area contributed by atoms with Gasteiger partial charge < -0.3 is 10.4 Å². The molecule has 1 unspecified atom stereocenters. The summed E-state index contributed by atoms with van der Waals surface area (Å²) < 4.78 is 0. The predicted molar refractivity (Wildman–Crippen MR) is 50.9 cm³/mol. The van der Waals surface area contributed by atoms with Gasteiger partial charge in [0.2, 0.25) is 5.91 Å². The second-order valence-electron chi connectivity index (χ2n) is 3.70. The van der Waals surface area contributed by atoms with Crippen molar-refractivity contribution in [1.29, 1.82) is 0 Å². The van der Waals surface area contributed by atoms with Gasteiger partial charge in [-0.05, 0) is 13.3 Å². The van der Waals surface area contributed by atoms with Gasteiger partial charge in [0.25, 0.3) is 0 Å². The van der Waals surface area contributed by atoms with Crippen LogP contribution in [0.15, 0.2) is 0 Å². The number of nitrogens with zero attached hydrogens (tertiary/aromatic N) is 1. The normalized spacial score (nSPS) is 22.6. The Morgan fingerprint density at radius 3 is 2.79 bits per heavy atom. The lowest BCUT2D eigenvalue weighted by molar-refractivity contribution is -0.152. The van der Waals surface area contributed by atoms with E-state index < -0.39 is 11.5 Å². The van der Waals surface area contributed by atoms with Gasteiger partial charge in [0.05, 0.1) is 6.54 Å². The molecule has 0 aromatic rings. The molecule has 0 bridgehead atoms. The van der Waals surface area contributed by atoms with Gasteiger partial charge in [-0.2, -0.15) is 0 Å². The Kier molecular flexibility index (Phi) is 3.10. The number of aliphatic carboxylic acids is 1. The Morgan fingerprint density at radius 1 is 1.71 bits per heavy atom. The smallest absolute Gasteiger partial charge is 0.323 e. The first-order valence-electron chi connectivity index (χ1n) is 4.76. The average molecular weight is 200 g/mol. The molecule has 0 saturated carbocycles. The van der Waals surface area contributed by atoms with Crippen LogP contribution in [0.1, 0.15) is 20.3 Å². The lowest BCUT2D eigenvalue weighted by atomic mass is 9.96. The topological polar surface area (TPSA) is 69.6 Å². The Labute approximate surface area is 83.1 Å². The lowest BCUT2D eigenvalue weighted by Crippen LogP contribution is -2.60. The van der Waals surface area contributed by atoms with E-state index in [0.29, 0.717) is 19.5 Å². The highest BCUT2D eigenvalue weighted by atomic mass is 16.4. The van der Waals surface area contributed by atoms with Crippen LogP contribution in [0.4, 0.5) is 0 Å². The maximum absolute atomic E-state index is 11.1. The second-order valence-corrected chi connectivity index (χ2v) is 3.70. The fourth-order valence-corrected chi connectivity index (χ4v) is 1.57. The fraction of sp³-hybridized carbons (Fsp3) is 0.778. The summed E-state index contributed by atoms with van der Waals surface area (Å²) in [6.07, 6.45) is 0.496. The molecule has 0 aromatic carbocycles. The summed E-state index contributed by atoms with van der Waals surface area (Å²) >= 11 is 0. The first kappa shape index (κ1) is 11.0. The third kappa shape index (κ3) is 1.87. The van der Waals surface area contributed by atoms with Crippen LogP contribution in [-0.4, -0.2) is 47.1 Å². The SMILES string of the molecule is CCC(C)(C(=O)O)N1CCNC(=O)C1. The van der Waals surface area contributed by atoms with Gasteiger partial charge in [-0.3, -0.25) is 14.5 Å². The van der Waals surface area contributed by atoms with Crippen molar-refractivity contribution in [3.05, 3.63) is 0 Å². The number of nitrogens with one attached hydrogen (secondary N) is 1. The Balaban J connectivity index is 2.78. The minimum Gasteiger partial charge on any atom is -0.480 e. The maximum Gasteiger partial charge on any atom is 0.323 e. The molecular weight excluding hydrogens is 184 g/mol. The van der Waals surface area contributed by atoms with E-state index in [1.165, 1.54) is 0 Å². The second kappa shape index (κ2) is 3.96. The van der Waals surface area contributed by atoms with Gasteiger partial charge in [0, 0.05) is 13.1 Å². The number of hydrogen-bond acceptors (Lipinski definition) is 3. The number of carboxylic acid groups (broad SMARTS) is 1. The number of carbonyl (C=O) groups excluding carboxylic acids is 1. The number of amides is 1. The first-order chi connectivity index (χ1) is 6.50. The molecule has 1 amide bonds. The average Bonchev–Trinajstić information content (AvgIpc) is 2.16. The molecule has 1 atom stereocenters. The van der Waals surface area contributed by atoms with Gasteiger partial charge in [-0.15, -0.1) is 0 Å². The third-order valence-electron chi connectivity index (χ3n) is 2.89. The molecule has 0 aromatic heterocycles. The van der Waals surface area contributed by atoms with Crippen LogP contribution in [0.3, 0.4) is 0 Å². The summed E-state index contributed by atoms with van der Waals surface area (Å²) in [5.41, 5.74) is -0.919. The van der Waals surface area contributed by atoms with Gasteiger partial charge in [0.1, 0.15) is 5.54 Å². The number of carboxylic acids is 1. The molecule has 1 heterocycles. The van der Waals surface area contributed by atoms with Crippen LogP contribution >= 0.6 is 0 Å². The van der Waals surface area contributed by atoms with Gasteiger partial charge in [-0.25, -0.2) is 0 Å². The van der Waals surface area contributed by atoms with E-state index in [0.717, 1.165) is 0 Å². The number of rotatable bonds is 3. The molecule has 0 spiro atoms. The summed E-state index contributed by atoms with van der Waals surface area (Å²) in [7, 11) is 0. The molecule has 14 heavy (non-hydrogen) atoms. The van der Waals surface area contributed by atoms with Crippen LogP contribution < -0.4 is 5.32 Å². The van der Waals surface area contributed by atoms with Crippen LogP contribution in [0.2, 0.25) is 0 Å². The zero-order valence-corrected chi connectivity index (χ0v) is 8.54. The predicted octanol–water partition coefficient (Wildman–Crippen LogP) is -0.328. The van der Waals surface area contributed by atoms with E-state index in [-0.39, 0.29) is 12.5 Å². The van der Waals surface area contributed by atoms with E-state index in [4.69, 9.17) is 5.11 Å². The quantitative estimate of drug-likeness (QED) is 0.654. The standard InChI is InChI=1S/C9H16N2O3/c1-3-9(2,8(13)14)11-5-4-10-7(12)6-11/h3-6H2,1-2H3,(H,10,12)(H,13,14). The van der Waals surface area contributed by atoms with Crippen molar-refractivity contribution in [3.8, 4) is 0 Å². The largest absolute Gasteiger partial charge is 0.480 e. The van der Waals surface area contributed by atoms with Gasteiger partial charge in [0.15, 0.2) is 0 Å². The minimum atomic E-state index is -0.919. The van der Waals surface area contributed by atoms with Crippen molar-refractivity contribution in [3.63, 3.8) is 0 Å². The summed E-state index contributed by atoms with van der Waals surface area (Å²) in [5, 5.41) is 11.8. The van der Waals surface area contributed by atoms with Crippen molar-refractivity contribution in [1.82, 2.24) is 10.2 Å². The molecule has 0 aliphatic carbocycles. The van der Waals surface area contributed by atoms with Crippen LogP contribution in [-0.2, 0) is 9.59 Å². The van der Waals surface area contributed by atoms with E-state index in [2.05, 4.69) is 5.32 Å². The molecular formula is C9H16N2O3. The van der Waals surface area contributed by atoms with Crippen molar-refractivity contribution in [2.45, 2.75) is 25.8 Å². The van der Waals surface area contributed by atoms with Crippen molar-refractivity contribution in [2.75, 3.05) is 19.6 Å². The molecule has 80 valence electrons. The van der Waals surface area contributed by atoms with Crippen LogP contribution in [0.25, 0.3) is 0 Å². The lowest BCUT2D eigenvalue weighted by Gasteiger charge is -2.39. The van der Waals surface area contributed by atoms with E-state index in [9.17, 15) is 9.59 Å². The first-order valence-corrected chi connectivity index (χ1v) is 4.76. The summed E-state index contributed by atoms with van der Waals surface area (Å²) in [6, 6.07) is 0. The Hall–Kier alpha value is -1.10. The molecule has 5 heteroatoms. The molecule has 0 radical (unpaired) electrons. The van der Waals surface area contributed by atoms with Crippen LogP contribution in [0.5, 0.6) is 0 Å². The number of hydrogen-bond donors (Lipinski definition) is 2. The molecule has 1 fully saturated rings. The zero-order chi connectivity index (χ0) is 10.8. The van der Waals surface area contributed by atoms with E-state index in [1.807, 2.05) is 6.92 Å². The van der Waals surface area contributed by atoms with Gasteiger partial charge >= 0.3 is 5.97 Å². The van der Waals surface area contributed by atoms with E-state index in [1.54, 1.807) is 11.8 Å². The minimum absolute atomic E-state index is 0.0998. The molecule has 1 rings (SSSR count). The van der Waals surface area contributed by atoms with Crippen molar-refractivity contribution < 1.29 is 14.7 Å². The maximum atomic E-state index is 11.1. The van der Waals surface area contributed by atoms with Gasteiger partial charge in [-0.1, -0.05) is 6.92 Å².